The molecule has 0 radical (unpaired) electrons. The van der Waals surface area contributed by atoms with Gasteiger partial charge in [-0.3, -0.25) is 0 Å². The monoisotopic (exact) mass is 277 g/mol. The van der Waals surface area contributed by atoms with Crippen molar-refractivity contribution in [3.8, 4) is 11.1 Å². The predicted molar refractivity (Wildman–Crippen MR) is 72.4 cm³/mol. The van der Waals surface area contributed by atoms with Gasteiger partial charge in [-0.2, -0.15) is 13.2 Å². The minimum atomic E-state index is -4.35. The number of alkyl halides is 3. The van der Waals surface area contributed by atoms with Gasteiger partial charge in [0, 0.05) is 5.92 Å². The molecule has 1 aliphatic carbocycles. The number of rotatable bonds is 2. The molecule has 1 nitrogen and oxygen atoms in total. The first-order valence-electron chi connectivity index (χ1n) is 6.49. The van der Waals surface area contributed by atoms with Crippen molar-refractivity contribution in [3.63, 3.8) is 0 Å². The van der Waals surface area contributed by atoms with Crippen LogP contribution in [0.2, 0.25) is 0 Å². The fourth-order valence-electron chi connectivity index (χ4n) is 2.90. The zero-order chi connectivity index (χ0) is 14.3. The first-order valence-corrected chi connectivity index (χ1v) is 6.49. The summed E-state index contributed by atoms with van der Waals surface area (Å²) < 4.78 is 38.2. The Labute approximate surface area is 115 Å². The molecule has 0 amide bonds. The SMILES string of the molecule is NC(CC1c2ccccc2-c2ccccc21)C(F)(F)F. The standard InChI is InChI=1S/C16H14F3N/c17-16(18,19)15(20)9-14-12-7-3-1-5-10(12)11-6-2-4-8-13(11)14/h1-8,14-15H,9,20H2. The summed E-state index contributed by atoms with van der Waals surface area (Å²) in [6, 6.07) is 13.4. The van der Waals surface area contributed by atoms with Crippen molar-refractivity contribution < 1.29 is 13.2 Å². The molecule has 2 aromatic rings. The Morgan fingerprint density at radius 3 is 1.80 bits per heavy atom. The van der Waals surface area contributed by atoms with Crippen LogP contribution in [-0.2, 0) is 0 Å². The van der Waals surface area contributed by atoms with Gasteiger partial charge in [-0.25, -0.2) is 0 Å². The van der Waals surface area contributed by atoms with Gasteiger partial charge in [-0.1, -0.05) is 48.5 Å². The highest BCUT2D eigenvalue weighted by atomic mass is 19.4. The average molecular weight is 277 g/mol. The Hall–Kier alpha value is -1.81. The maximum Gasteiger partial charge on any atom is 0.403 e. The highest BCUT2D eigenvalue weighted by molar-refractivity contribution is 5.78. The zero-order valence-corrected chi connectivity index (χ0v) is 10.7. The maximum absolute atomic E-state index is 12.7. The van der Waals surface area contributed by atoms with Crippen LogP contribution in [0, 0.1) is 0 Å². The van der Waals surface area contributed by atoms with Gasteiger partial charge < -0.3 is 5.73 Å². The number of hydrogen-bond donors (Lipinski definition) is 1. The molecule has 0 aliphatic heterocycles. The summed E-state index contributed by atoms with van der Waals surface area (Å²) in [4.78, 5) is 0. The van der Waals surface area contributed by atoms with Crippen molar-refractivity contribution in [2.75, 3.05) is 0 Å². The van der Waals surface area contributed by atoms with Gasteiger partial charge in [0.2, 0.25) is 0 Å². The molecule has 0 bridgehead atoms. The van der Waals surface area contributed by atoms with Crippen molar-refractivity contribution in [1.82, 2.24) is 0 Å². The second-order valence-electron chi connectivity index (χ2n) is 5.11. The Balaban J connectivity index is 2.03. The van der Waals surface area contributed by atoms with E-state index in [2.05, 4.69) is 0 Å². The van der Waals surface area contributed by atoms with E-state index in [-0.39, 0.29) is 12.3 Å². The van der Waals surface area contributed by atoms with Crippen LogP contribution in [-0.4, -0.2) is 12.2 Å². The number of hydrogen-bond acceptors (Lipinski definition) is 1. The summed E-state index contributed by atoms with van der Waals surface area (Å²) in [5, 5.41) is 0. The summed E-state index contributed by atoms with van der Waals surface area (Å²) in [5.41, 5.74) is 9.23. The van der Waals surface area contributed by atoms with Gasteiger partial charge in [0.1, 0.15) is 6.04 Å². The minimum absolute atomic E-state index is 0.114. The molecule has 1 atom stereocenters. The Bertz CT molecular complexity index is 588. The van der Waals surface area contributed by atoms with E-state index in [9.17, 15) is 13.2 Å². The Morgan fingerprint density at radius 2 is 1.35 bits per heavy atom. The maximum atomic E-state index is 12.7. The van der Waals surface area contributed by atoms with Gasteiger partial charge in [0.15, 0.2) is 0 Å². The largest absolute Gasteiger partial charge is 0.403 e. The van der Waals surface area contributed by atoms with Crippen LogP contribution in [0.3, 0.4) is 0 Å². The van der Waals surface area contributed by atoms with Crippen LogP contribution in [0.25, 0.3) is 11.1 Å². The fourth-order valence-corrected chi connectivity index (χ4v) is 2.90. The molecule has 2 N–H and O–H groups in total. The van der Waals surface area contributed by atoms with Crippen LogP contribution in [0.4, 0.5) is 13.2 Å². The molecule has 0 heterocycles. The predicted octanol–water partition coefficient (Wildman–Crippen LogP) is 4.08. The second kappa shape index (κ2) is 4.63. The molecule has 0 saturated carbocycles. The van der Waals surface area contributed by atoms with Crippen molar-refractivity contribution in [1.29, 1.82) is 0 Å². The van der Waals surface area contributed by atoms with E-state index in [0.717, 1.165) is 22.3 Å². The molecule has 0 aromatic heterocycles. The third kappa shape index (κ3) is 2.10. The molecule has 0 saturated heterocycles. The molecular formula is C16H14F3N. The first-order chi connectivity index (χ1) is 9.48. The lowest BCUT2D eigenvalue weighted by atomic mass is 9.90. The highest BCUT2D eigenvalue weighted by Crippen LogP contribution is 2.47. The second-order valence-corrected chi connectivity index (χ2v) is 5.11. The number of nitrogens with two attached hydrogens (primary N) is 1. The molecule has 2 aromatic carbocycles. The Morgan fingerprint density at radius 1 is 0.900 bits per heavy atom. The van der Waals surface area contributed by atoms with Crippen LogP contribution >= 0.6 is 0 Å². The van der Waals surface area contributed by atoms with E-state index in [0.29, 0.717) is 0 Å². The highest BCUT2D eigenvalue weighted by Gasteiger charge is 2.40. The number of halogens is 3. The van der Waals surface area contributed by atoms with E-state index < -0.39 is 12.2 Å². The van der Waals surface area contributed by atoms with E-state index in [4.69, 9.17) is 5.73 Å². The van der Waals surface area contributed by atoms with Crippen molar-refractivity contribution in [3.05, 3.63) is 59.7 Å². The van der Waals surface area contributed by atoms with Gasteiger partial charge in [0.25, 0.3) is 0 Å². The summed E-state index contributed by atoms with van der Waals surface area (Å²) in [6.07, 6.45) is -4.47. The lowest BCUT2D eigenvalue weighted by Crippen LogP contribution is -2.38. The molecule has 0 fully saturated rings. The molecule has 1 unspecified atom stereocenters. The molecule has 104 valence electrons. The number of fused-ring (bicyclic) bond motifs is 3. The van der Waals surface area contributed by atoms with Crippen LogP contribution in [0.5, 0.6) is 0 Å². The summed E-state index contributed by atoms with van der Waals surface area (Å²) >= 11 is 0. The summed E-state index contributed by atoms with van der Waals surface area (Å²) in [6.45, 7) is 0. The van der Waals surface area contributed by atoms with Crippen molar-refractivity contribution in [2.24, 2.45) is 5.73 Å². The smallest absolute Gasteiger partial charge is 0.320 e. The van der Waals surface area contributed by atoms with Gasteiger partial charge in [0.05, 0.1) is 0 Å². The number of benzene rings is 2. The van der Waals surface area contributed by atoms with E-state index in [1.54, 1.807) is 0 Å². The van der Waals surface area contributed by atoms with Crippen LogP contribution < -0.4 is 5.73 Å². The molecule has 3 rings (SSSR count). The Kier molecular flexibility index (Phi) is 3.05. The van der Waals surface area contributed by atoms with Crippen molar-refractivity contribution >= 4 is 0 Å². The molecule has 0 spiro atoms. The lowest BCUT2D eigenvalue weighted by molar-refractivity contribution is -0.149. The van der Waals surface area contributed by atoms with Crippen molar-refractivity contribution in [2.45, 2.75) is 24.6 Å². The molecule has 4 heteroatoms. The van der Waals surface area contributed by atoms with E-state index in [1.165, 1.54) is 0 Å². The molecular weight excluding hydrogens is 263 g/mol. The molecule has 20 heavy (non-hydrogen) atoms. The van der Waals surface area contributed by atoms with Crippen LogP contribution in [0.15, 0.2) is 48.5 Å². The van der Waals surface area contributed by atoms with E-state index in [1.807, 2.05) is 48.5 Å². The van der Waals surface area contributed by atoms with Gasteiger partial charge in [-0.15, -0.1) is 0 Å². The third-order valence-electron chi connectivity index (χ3n) is 3.87. The third-order valence-corrected chi connectivity index (χ3v) is 3.87. The zero-order valence-electron chi connectivity index (χ0n) is 10.7. The van der Waals surface area contributed by atoms with Crippen LogP contribution in [0.1, 0.15) is 23.5 Å². The van der Waals surface area contributed by atoms with Gasteiger partial charge >= 0.3 is 6.18 Å². The lowest BCUT2D eigenvalue weighted by Gasteiger charge is -2.21. The summed E-state index contributed by atoms with van der Waals surface area (Å²) in [5.74, 6) is -0.279. The topological polar surface area (TPSA) is 26.0 Å². The summed E-state index contributed by atoms with van der Waals surface area (Å²) in [7, 11) is 0. The first kappa shape index (κ1) is 13.2. The quantitative estimate of drug-likeness (QED) is 0.879. The average Bonchev–Trinajstić information content (AvgIpc) is 2.73. The van der Waals surface area contributed by atoms with Gasteiger partial charge in [-0.05, 0) is 28.7 Å². The minimum Gasteiger partial charge on any atom is -0.320 e. The normalized spacial score (nSPS) is 15.8. The van der Waals surface area contributed by atoms with E-state index >= 15 is 0 Å². The molecule has 1 aliphatic rings. The fraction of sp³-hybridized carbons (Fsp3) is 0.250.